The third-order valence-electron chi connectivity index (χ3n) is 2.07. The van der Waals surface area contributed by atoms with Gasteiger partial charge in [-0.2, -0.15) is 0 Å². The quantitative estimate of drug-likeness (QED) is 0.619. The highest BCUT2D eigenvalue weighted by atomic mass is 19.1. The Kier molecular flexibility index (Phi) is 1.61. The Hall–Kier alpha value is -1.31. The Morgan fingerprint density at radius 2 is 2.33 bits per heavy atom. The molecule has 0 bridgehead atoms. The molecule has 0 aromatic heterocycles. The molecule has 0 amide bonds. The molecule has 1 aliphatic heterocycles. The lowest BCUT2D eigenvalue weighted by molar-refractivity contribution is 0.356. The first kappa shape index (κ1) is 7.35. The second-order valence-corrected chi connectivity index (χ2v) is 2.74. The van der Waals surface area contributed by atoms with Gasteiger partial charge in [-0.05, 0) is 12.1 Å². The maximum Gasteiger partial charge on any atom is 0.130 e. The molecule has 0 fully saturated rings. The minimum absolute atomic E-state index is 0.214. The van der Waals surface area contributed by atoms with E-state index in [0.717, 1.165) is 17.7 Å². The van der Waals surface area contributed by atoms with Gasteiger partial charge in [0.15, 0.2) is 0 Å². The summed E-state index contributed by atoms with van der Waals surface area (Å²) in [5.41, 5.74) is 1.54. The zero-order valence-electron chi connectivity index (χ0n) is 6.64. The molecule has 1 aromatic carbocycles. The fraction of sp³-hybridized carbons (Fsp3) is 0.200. The van der Waals surface area contributed by atoms with E-state index < -0.39 is 0 Å². The molecule has 62 valence electrons. The highest BCUT2D eigenvalue weighted by molar-refractivity contribution is 5.58. The normalized spacial score (nSPS) is 13.8. The first-order valence-corrected chi connectivity index (χ1v) is 3.89. The summed E-state index contributed by atoms with van der Waals surface area (Å²) >= 11 is 0. The van der Waals surface area contributed by atoms with E-state index in [4.69, 9.17) is 4.74 Å². The van der Waals surface area contributed by atoms with E-state index in [2.05, 4.69) is 6.58 Å². The maximum absolute atomic E-state index is 13.1. The van der Waals surface area contributed by atoms with Crippen LogP contribution in [-0.4, -0.2) is 6.61 Å². The van der Waals surface area contributed by atoms with Crippen molar-refractivity contribution in [2.45, 2.75) is 6.42 Å². The van der Waals surface area contributed by atoms with Gasteiger partial charge in [-0.1, -0.05) is 12.7 Å². The van der Waals surface area contributed by atoms with Crippen molar-refractivity contribution in [3.63, 3.8) is 0 Å². The lowest BCUT2D eigenvalue weighted by Gasteiger charge is -2.02. The van der Waals surface area contributed by atoms with Crippen LogP contribution in [0.25, 0.3) is 6.08 Å². The van der Waals surface area contributed by atoms with Crippen molar-refractivity contribution >= 4 is 6.08 Å². The van der Waals surface area contributed by atoms with Crippen LogP contribution in [0.5, 0.6) is 5.75 Å². The summed E-state index contributed by atoms with van der Waals surface area (Å²) in [6, 6.07) is 3.09. The Labute approximate surface area is 70.5 Å². The third kappa shape index (κ3) is 0.916. The molecule has 0 N–H and O–H groups in total. The summed E-state index contributed by atoms with van der Waals surface area (Å²) in [4.78, 5) is 0. The first-order valence-electron chi connectivity index (χ1n) is 3.89. The number of ether oxygens (including phenoxy) is 1. The molecular weight excluding hydrogens is 155 g/mol. The minimum Gasteiger partial charge on any atom is -0.493 e. The van der Waals surface area contributed by atoms with Gasteiger partial charge in [-0.15, -0.1) is 0 Å². The summed E-state index contributed by atoms with van der Waals surface area (Å²) in [6.45, 7) is 4.23. The van der Waals surface area contributed by atoms with Gasteiger partial charge in [0, 0.05) is 17.5 Å². The van der Waals surface area contributed by atoms with E-state index >= 15 is 0 Å². The second-order valence-electron chi connectivity index (χ2n) is 2.74. The van der Waals surface area contributed by atoms with Crippen molar-refractivity contribution in [1.29, 1.82) is 0 Å². The van der Waals surface area contributed by atoms with Crippen LogP contribution in [0.4, 0.5) is 4.39 Å². The van der Waals surface area contributed by atoms with Crippen LogP contribution in [0.3, 0.4) is 0 Å². The summed E-state index contributed by atoms with van der Waals surface area (Å²) in [6.07, 6.45) is 2.33. The van der Waals surface area contributed by atoms with Crippen LogP contribution in [-0.2, 0) is 6.42 Å². The first-order chi connectivity index (χ1) is 5.83. The number of benzene rings is 1. The molecule has 1 aliphatic rings. The number of hydrogen-bond donors (Lipinski definition) is 0. The number of hydrogen-bond acceptors (Lipinski definition) is 1. The lowest BCUT2D eigenvalue weighted by Crippen LogP contribution is -1.88. The predicted octanol–water partition coefficient (Wildman–Crippen LogP) is 2.40. The van der Waals surface area contributed by atoms with Gasteiger partial charge in [0.1, 0.15) is 11.6 Å². The van der Waals surface area contributed by atoms with Crippen LogP contribution < -0.4 is 4.74 Å². The summed E-state index contributed by atoms with van der Waals surface area (Å²) < 4.78 is 18.4. The van der Waals surface area contributed by atoms with Gasteiger partial charge in [-0.3, -0.25) is 0 Å². The molecule has 0 saturated heterocycles. The highest BCUT2D eigenvalue weighted by Crippen LogP contribution is 2.30. The van der Waals surface area contributed by atoms with E-state index in [0.29, 0.717) is 12.2 Å². The summed E-state index contributed by atoms with van der Waals surface area (Å²) in [5, 5.41) is 0. The van der Waals surface area contributed by atoms with Crippen LogP contribution in [0.2, 0.25) is 0 Å². The van der Waals surface area contributed by atoms with Crippen LogP contribution >= 0.6 is 0 Å². The van der Waals surface area contributed by atoms with Crippen molar-refractivity contribution in [2.75, 3.05) is 6.61 Å². The zero-order chi connectivity index (χ0) is 8.55. The van der Waals surface area contributed by atoms with Gasteiger partial charge >= 0.3 is 0 Å². The molecular formula is C10H9FO. The van der Waals surface area contributed by atoms with Crippen molar-refractivity contribution in [3.05, 3.63) is 35.7 Å². The maximum atomic E-state index is 13.1. The van der Waals surface area contributed by atoms with E-state index in [9.17, 15) is 4.39 Å². The Morgan fingerprint density at radius 3 is 3.08 bits per heavy atom. The largest absolute Gasteiger partial charge is 0.493 e. The molecule has 0 saturated carbocycles. The van der Waals surface area contributed by atoms with Crippen LogP contribution in [0.1, 0.15) is 11.1 Å². The molecule has 0 unspecified atom stereocenters. The second kappa shape index (κ2) is 2.63. The fourth-order valence-corrected chi connectivity index (χ4v) is 1.49. The van der Waals surface area contributed by atoms with Gasteiger partial charge in [0.2, 0.25) is 0 Å². The van der Waals surface area contributed by atoms with Gasteiger partial charge in [0.05, 0.1) is 6.61 Å². The Bertz CT molecular complexity index is 331. The van der Waals surface area contributed by atoms with E-state index in [1.807, 2.05) is 0 Å². The Morgan fingerprint density at radius 1 is 1.50 bits per heavy atom. The van der Waals surface area contributed by atoms with Crippen molar-refractivity contribution < 1.29 is 9.13 Å². The molecule has 1 nitrogen and oxygen atoms in total. The SMILES string of the molecule is C=Cc1c(F)ccc2c1CCO2. The van der Waals surface area contributed by atoms with Crippen molar-refractivity contribution in [3.8, 4) is 5.75 Å². The molecule has 2 rings (SSSR count). The molecule has 1 aromatic rings. The Balaban J connectivity index is 2.65. The number of halogens is 1. The number of fused-ring (bicyclic) bond motifs is 1. The summed E-state index contributed by atoms with van der Waals surface area (Å²) in [7, 11) is 0. The molecule has 0 aliphatic carbocycles. The monoisotopic (exact) mass is 164 g/mol. The van der Waals surface area contributed by atoms with Crippen LogP contribution in [0.15, 0.2) is 18.7 Å². The third-order valence-corrected chi connectivity index (χ3v) is 2.07. The number of rotatable bonds is 1. The average Bonchev–Trinajstić information content (AvgIpc) is 2.52. The molecule has 0 atom stereocenters. The molecule has 0 radical (unpaired) electrons. The van der Waals surface area contributed by atoms with Gasteiger partial charge in [0.25, 0.3) is 0 Å². The van der Waals surface area contributed by atoms with Gasteiger partial charge in [-0.25, -0.2) is 4.39 Å². The van der Waals surface area contributed by atoms with Gasteiger partial charge < -0.3 is 4.74 Å². The predicted molar refractivity (Wildman–Crippen MR) is 45.7 cm³/mol. The topological polar surface area (TPSA) is 9.23 Å². The van der Waals surface area contributed by atoms with E-state index in [-0.39, 0.29) is 5.82 Å². The standard InChI is InChI=1S/C10H9FO/c1-2-7-8-5-6-12-10(8)4-3-9(7)11/h2-4H,1,5-6H2. The van der Waals surface area contributed by atoms with Crippen LogP contribution in [0, 0.1) is 5.82 Å². The average molecular weight is 164 g/mol. The van der Waals surface area contributed by atoms with E-state index in [1.54, 1.807) is 12.1 Å². The van der Waals surface area contributed by atoms with E-state index in [1.165, 1.54) is 6.07 Å². The molecule has 12 heavy (non-hydrogen) atoms. The lowest BCUT2D eigenvalue weighted by atomic mass is 10.0. The molecule has 2 heteroatoms. The molecule has 1 heterocycles. The smallest absolute Gasteiger partial charge is 0.130 e. The van der Waals surface area contributed by atoms with Crippen molar-refractivity contribution in [1.82, 2.24) is 0 Å². The minimum atomic E-state index is -0.214. The van der Waals surface area contributed by atoms with Crippen molar-refractivity contribution in [2.24, 2.45) is 0 Å². The highest BCUT2D eigenvalue weighted by Gasteiger charge is 2.16. The fourth-order valence-electron chi connectivity index (χ4n) is 1.49. The summed E-state index contributed by atoms with van der Waals surface area (Å²) in [5.74, 6) is 0.584. The molecule has 0 spiro atoms. The zero-order valence-corrected chi connectivity index (χ0v) is 6.64.